The second-order valence-corrected chi connectivity index (χ2v) is 6.21. The Morgan fingerprint density at radius 1 is 0.688 bits per heavy atom. The molecule has 2 aromatic rings. The first-order valence-electron chi connectivity index (χ1n) is 5.43. The van der Waals surface area contributed by atoms with E-state index in [2.05, 4.69) is 74.5 Å². The second kappa shape index (κ2) is 5.13. The molecule has 0 aliphatic heterocycles. The zero-order chi connectivity index (χ0) is 11.4. The fourth-order valence-electron chi connectivity index (χ4n) is 1.72. The third kappa shape index (κ3) is 2.42. The van der Waals surface area contributed by atoms with Crippen LogP contribution in [0.1, 0.15) is 13.8 Å². The Labute approximate surface area is 99.9 Å². The van der Waals surface area contributed by atoms with Crippen molar-refractivity contribution in [1.29, 1.82) is 0 Å². The maximum absolute atomic E-state index is 2.21. The second-order valence-electron chi connectivity index (χ2n) is 3.84. The molecular formula is C15H16S. The van der Waals surface area contributed by atoms with Crippen molar-refractivity contribution >= 4 is 15.3 Å². The van der Waals surface area contributed by atoms with Gasteiger partial charge in [0.05, 0.1) is 0 Å². The minimum Gasteiger partial charge on any atom is -0.125 e. The molecule has 0 spiro atoms. The van der Waals surface area contributed by atoms with E-state index < -0.39 is 0 Å². The summed E-state index contributed by atoms with van der Waals surface area (Å²) in [7, 11) is 0.114. The van der Waals surface area contributed by atoms with Crippen molar-refractivity contribution in [3.8, 4) is 0 Å². The van der Waals surface area contributed by atoms with E-state index in [0.29, 0.717) is 0 Å². The molecule has 0 saturated carbocycles. The molecule has 16 heavy (non-hydrogen) atoms. The van der Waals surface area contributed by atoms with E-state index in [-0.39, 0.29) is 10.5 Å². The molecule has 0 aliphatic carbocycles. The molecule has 0 aromatic heterocycles. The molecule has 0 N–H and O–H groups in total. The molecule has 2 rings (SSSR count). The topological polar surface area (TPSA) is 0 Å². The van der Waals surface area contributed by atoms with Gasteiger partial charge < -0.3 is 0 Å². The van der Waals surface area contributed by atoms with Crippen LogP contribution < -0.4 is 0 Å². The standard InChI is InChI=1S/C15H16S/c1-13(2)16(14-9-5-3-6-10-14)15-11-7-4-8-12-15/h3-12H,1-2H3. The highest BCUT2D eigenvalue weighted by molar-refractivity contribution is 8.16. The summed E-state index contributed by atoms with van der Waals surface area (Å²) in [4.78, 5) is 4.25. The molecule has 2 aromatic carbocycles. The van der Waals surface area contributed by atoms with Crippen LogP contribution in [0.15, 0.2) is 70.5 Å². The zero-order valence-electron chi connectivity index (χ0n) is 9.68. The molecule has 0 radical (unpaired) electrons. The summed E-state index contributed by atoms with van der Waals surface area (Å²) in [6.45, 7) is 4.42. The Bertz CT molecular complexity index is 438. The molecule has 0 bridgehead atoms. The van der Waals surface area contributed by atoms with E-state index >= 15 is 0 Å². The van der Waals surface area contributed by atoms with Crippen LogP contribution in [0.2, 0.25) is 0 Å². The van der Waals surface area contributed by atoms with Gasteiger partial charge in [-0.15, -0.1) is 10.5 Å². The van der Waals surface area contributed by atoms with Crippen LogP contribution in [0.3, 0.4) is 0 Å². The van der Waals surface area contributed by atoms with Gasteiger partial charge in [-0.3, -0.25) is 0 Å². The Kier molecular flexibility index (Phi) is 3.58. The summed E-state index contributed by atoms with van der Waals surface area (Å²) in [6.07, 6.45) is 0. The van der Waals surface area contributed by atoms with Crippen LogP contribution in [0.4, 0.5) is 0 Å². The van der Waals surface area contributed by atoms with Gasteiger partial charge in [0.15, 0.2) is 0 Å². The molecule has 0 saturated heterocycles. The summed E-state index contributed by atoms with van der Waals surface area (Å²) < 4.78 is 0. The van der Waals surface area contributed by atoms with E-state index in [4.69, 9.17) is 0 Å². The fraction of sp³-hybridized carbons (Fsp3) is 0.133. The lowest BCUT2D eigenvalue weighted by Gasteiger charge is -2.12. The van der Waals surface area contributed by atoms with E-state index in [1.807, 2.05) is 0 Å². The Hall–Kier alpha value is -1.34. The maximum atomic E-state index is 2.21. The van der Waals surface area contributed by atoms with E-state index in [0.717, 1.165) is 0 Å². The molecule has 0 nitrogen and oxygen atoms in total. The van der Waals surface area contributed by atoms with Crippen LogP contribution in [0.25, 0.3) is 0 Å². The SMILES string of the molecule is CC(C)=S(c1ccccc1)c1ccccc1. The van der Waals surface area contributed by atoms with Gasteiger partial charge in [0.1, 0.15) is 0 Å². The number of hydrogen-bond acceptors (Lipinski definition) is 0. The molecule has 0 unspecified atom stereocenters. The lowest BCUT2D eigenvalue weighted by molar-refractivity contribution is 1.40. The fourth-order valence-corrected chi connectivity index (χ4v) is 3.79. The molecule has 82 valence electrons. The average Bonchev–Trinajstić information content (AvgIpc) is 2.31. The zero-order valence-corrected chi connectivity index (χ0v) is 10.5. The van der Waals surface area contributed by atoms with Crippen molar-refractivity contribution < 1.29 is 0 Å². The van der Waals surface area contributed by atoms with Gasteiger partial charge in [-0.05, 0) is 43.0 Å². The van der Waals surface area contributed by atoms with Gasteiger partial charge in [-0.2, -0.15) is 0 Å². The van der Waals surface area contributed by atoms with E-state index in [9.17, 15) is 0 Å². The van der Waals surface area contributed by atoms with Crippen LogP contribution in [0.5, 0.6) is 0 Å². The van der Waals surface area contributed by atoms with Crippen LogP contribution in [-0.4, -0.2) is 4.86 Å². The van der Waals surface area contributed by atoms with Crippen molar-refractivity contribution in [2.24, 2.45) is 0 Å². The summed E-state index contributed by atoms with van der Waals surface area (Å²) in [5.41, 5.74) is 0. The monoisotopic (exact) mass is 228 g/mol. The molecule has 0 heterocycles. The normalized spacial score (nSPS) is 10.4. The van der Waals surface area contributed by atoms with Crippen molar-refractivity contribution in [3.63, 3.8) is 0 Å². The Morgan fingerprint density at radius 2 is 1.06 bits per heavy atom. The average molecular weight is 228 g/mol. The number of rotatable bonds is 2. The van der Waals surface area contributed by atoms with E-state index in [1.165, 1.54) is 14.7 Å². The van der Waals surface area contributed by atoms with Crippen molar-refractivity contribution in [3.05, 3.63) is 60.7 Å². The van der Waals surface area contributed by atoms with Gasteiger partial charge >= 0.3 is 0 Å². The largest absolute Gasteiger partial charge is 0.125 e. The third-order valence-corrected chi connectivity index (χ3v) is 4.67. The third-order valence-electron chi connectivity index (χ3n) is 2.37. The van der Waals surface area contributed by atoms with Gasteiger partial charge in [-0.1, -0.05) is 36.4 Å². The molecular weight excluding hydrogens is 212 g/mol. The number of hydrogen-bond donors (Lipinski definition) is 0. The first kappa shape index (κ1) is 11.2. The highest BCUT2D eigenvalue weighted by Gasteiger charge is 2.03. The minimum absolute atomic E-state index is 0.114. The Morgan fingerprint density at radius 3 is 1.38 bits per heavy atom. The van der Waals surface area contributed by atoms with Crippen molar-refractivity contribution in [2.45, 2.75) is 23.6 Å². The van der Waals surface area contributed by atoms with Crippen LogP contribution >= 0.6 is 10.5 Å². The summed E-state index contributed by atoms with van der Waals surface area (Å²) in [5.74, 6) is 0. The first-order chi connectivity index (χ1) is 7.79. The summed E-state index contributed by atoms with van der Waals surface area (Å²) in [6, 6.07) is 21.4. The summed E-state index contributed by atoms with van der Waals surface area (Å²) >= 11 is 0. The molecule has 0 aliphatic rings. The lowest BCUT2D eigenvalue weighted by Crippen LogP contribution is -1.87. The predicted octanol–water partition coefficient (Wildman–Crippen LogP) is 4.59. The van der Waals surface area contributed by atoms with Crippen LogP contribution in [0, 0.1) is 0 Å². The molecule has 0 fully saturated rings. The molecule has 1 heteroatoms. The van der Waals surface area contributed by atoms with Gasteiger partial charge in [0, 0.05) is 9.79 Å². The van der Waals surface area contributed by atoms with Crippen molar-refractivity contribution in [1.82, 2.24) is 0 Å². The highest BCUT2D eigenvalue weighted by atomic mass is 32.2. The lowest BCUT2D eigenvalue weighted by atomic mass is 10.4. The van der Waals surface area contributed by atoms with E-state index in [1.54, 1.807) is 0 Å². The smallest absolute Gasteiger partial charge is 0.00614 e. The molecule has 0 amide bonds. The molecule has 0 atom stereocenters. The van der Waals surface area contributed by atoms with Gasteiger partial charge in [0.2, 0.25) is 0 Å². The Balaban J connectivity index is 2.54. The van der Waals surface area contributed by atoms with Gasteiger partial charge in [0.25, 0.3) is 0 Å². The van der Waals surface area contributed by atoms with Crippen molar-refractivity contribution in [2.75, 3.05) is 0 Å². The highest BCUT2D eigenvalue weighted by Crippen LogP contribution is 2.36. The first-order valence-corrected chi connectivity index (χ1v) is 6.66. The van der Waals surface area contributed by atoms with Crippen LogP contribution in [-0.2, 0) is 0 Å². The number of benzene rings is 2. The summed E-state index contributed by atoms with van der Waals surface area (Å²) in [5, 5.41) is 0. The quantitative estimate of drug-likeness (QED) is 0.660. The maximum Gasteiger partial charge on any atom is 0.00614 e. The predicted molar refractivity (Wildman–Crippen MR) is 73.4 cm³/mol. The minimum atomic E-state index is 0.114. The van der Waals surface area contributed by atoms with Gasteiger partial charge in [-0.25, -0.2) is 0 Å².